The molecule has 2 aliphatic rings. The summed E-state index contributed by atoms with van der Waals surface area (Å²) in [5.74, 6) is -1.58. The van der Waals surface area contributed by atoms with E-state index in [2.05, 4.69) is 5.32 Å². The molecule has 1 saturated carbocycles. The highest BCUT2D eigenvalue weighted by Gasteiger charge is 2.45. The van der Waals surface area contributed by atoms with Crippen LogP contribution in [-0.4, -0.2) is 59.1 Å². The topological polar surface area (TPSA) is 95.9 Å². The minimum Gasteiger partial charge on any atom is -0.480 e. The average molecular weight is 459 g/mol. The number of carboxylic acid groups (broad SMARTS) is 1. The highest BCUT2D eigenvalue weighted by molar-refractivity contribution is 5.88. The summed E-state index contributed by atoms with van der Waals surface area (Å²) in [5, 5.41) is 12.9. The van der Waals surface area contributed by atoms with Crippen LogP contribution in [0.4, 0.5) is 0 Å². The summed E-state index contributed by atoms with van der Waals surface area (Å²) in [7, 11) is 0. The lowest BCUT2D eigenvalue weighted by molar-refractivity contribution is -0.157. The van der Waals surface area contributed by atoms with Crippen LogP contribution in [0.5, 0.6) is 0 Å². The summed E-state index contributed by atoms with van der Waals surface area (Å²) in [4.78, 5) is 39.6. The van der Waals surface area contributed by atoms with Crippen LogP contribution in [0, 0.1) is 5.41 Å². The van der Waals surface area contributed by atoms with Gasteiger partial charge in [-0.05, 0) is 63.4 Å². The maximum atomic E-state index is 13.5. The van der Waals surface area contributed by atoms with Crippen molar-refractivity contribution < 1.29 is 24.2 Å². The van der Waals surface area contributed by atoms with Gasteiger partial charge in [0, 0.05) is 6.54 Å². The zero-order valence-electron chi connectivity index (χ0n) is 19.9. The third-order valence-electron chi connectivity index (χ3n) is 7.27. The third-order valence-corrected chi connectivity index (χ3v) is 7.27. The zero-order chi connectivity index (χ0) is 23.8. The first-order valence-electron chi connectivity index (χ1n) is 12.3. The number of aryl methyl sites for hydroxylation is 1. The second-order valence-corrected chi connectivity index (χ2v) is 9.64. The first-order chi connectivity index (χ1) is 15.8. The number of benzene rings is 1. The fourth-order valence-corrected chi connectivity index (χ4v) is 5.44. The van der Waals surface area contributed by atoms with E-state index < -0.39 is 24.1 Å². The molecule has 1 spiro atoms. The summed E-state index contributed by atoms with van der Waals surface area (Å²) >= 11 is 0. The van der Waals surface area contributed by atoms with Gasteiger partial charge in [-0.25, -0.2) is 4.79 Å². The first-order valence-corrected chi connectivity index (χ1v) is 12.3. The molecule has 1 unspecified atom stereocenters. The van der Waals surface area contributed by atoms with Crippen molar-refractivity contribution in [3.8, 4) is 0 Å². The second kappa shape index (κ2) is 11.6. The van der Waals surface area contributed by atoms with Gasteiger partial charge < -0.3 is 14.7 Å². The molecule has 1 saturated heterocycles. The van der Waals surface area contributed by atoms with Crippen molar-refractivity contribution in [3.63, 3.8) is 0 Å². The maximum Gasteiger partial charge on any atom is 0.326 e. The number of hydrogen-bond acceptors (Lipinski definition) is 5. The lowest BCUT2D eigenvalue weighted by Crippen LogP contribution is -2.60. The number of carbonyl (C=O) groups is 3. The average Bonchev–Trinajstić information content (AvgIpc) is 2.82. The molecule has 1 heterocycles. The number of nitrogens with zero attached hydrogens (tertiary/aromatic N) is 1. The van der Waals surface area contributed by atoms with Crippen molar-refractivity contribution >= 4 is 17.8 Å². The van der Waals surface area contributed by atoms with Crippen molar-refractivity contribution in [3.05, 3.63) is 35.9 Å². The maximum absolute atomic E-state index is 13.5. The second-order valence-electron chi connectivity index (χ2n) is 9.64. The highest BCUT2D eigenvalue weighted by atomic mass is 16.5. The van der Waals surface area contributed by atoms with E-state index in [0.717, 1.165) is 37.7 Å². The van der Waals surface area contributed by atoms with Crippen molar-refractivity contribution in [2.75, 3.05) is 13.2 Å². The van der Waals surface area contributed by atoms with E-state index in [4.69, 9.17) is 4.74 Å². The minimum absolute atomic E-state index is 0.0352. The molecule has 182 valence electrons. The fourth-order valence-electron chi connectivity index (χ4n) is 5.44. The molecule has 7 heteroatoms. The Bertz CT molecular complexity index is 806. The summed E-state index contributed by atoms with van der Waals surface area (Å²) in [5.41, 5.74) is 1.14. The summed E-state index contributed by atoms with van der Waals surface area (Å²) in [6.45, 7) is 4.23. The Labute approximate surface area is 196 Å². The molecule has 1 aromatic rings. The van der Waals surface area contributed by atoms with Crippen molar-refractivity contribution in [1.29, 1.82) is 0 Å². The molecule has 1 amide bonds. The number of ether oxygens (including phenoxy) is 1. The van der Waals surface area contributed by atoms with Crippen LogP contribution in [0.15, 0.2) is 30.3 Å². The molecule has 1 aliphatic heterocycles. The monoisotopic (exact) mass is 458 g/mol. The molecule has 0 bridgehead atoms. The van der Waals surface area contributed by atoms with Crippen LogP contribution in [0.1, 0.15) is 70.8 Å². The largest absolute Gasteiger partial charge is 0.480 e. The smallest absolute Gasteiger partial charge is 0.326 e. The molecule has 1 aromatic carbocycles. The van der Waals surface area contributed by atoms with Gasteiger partial charge in [0.1, 0.15) is 12.1 Å². The number of rotatable bonds is 9. The van der Waals surface area contributed by atoms with E-state index in [1.807, 2.05) is 30.3 Å². The summed E-state index contributed by atoms with van der Waals surface area (Å²) in [6.07, 6.45) is 8.09. The lowest BCUT2D eigenvalue weighted by Gasteiger charge is -2.48. The van der Waals surface area contributed by atoms with Gasteiger partial charge in [0.25, 0.3) is 0 Å². The summed E-state index contributed by atoms with van der Waals surface area (Å²) < 4.78 is 5.25. The summed E-state index contributed by atoms with van der Waals surface area (Å²) in [6, 6.07) is 7.74. The van der Waals surface area contributed by atoms with E-state index >= 15 is 0 Å². The standard InChI is InChI=1S/C26H38N2O5/c1-3-33-25(32)21(13-12-20-10-6-4-7-11-20)27-19(2)23(29)28-18-26(15-8-5-9-16-26)17-14-22(28)24(30)31/h4,6-7,10-11,19,21-22,27H,3,5,8-9,12-18H2,1-2H3,(H,30,31)/t19-,21?,22-/m0/s1. The van der Waals surface area contributed by atoms with Crippen LogP contribution in [0.25, 0.3) is 0 Å². The number of aliphatic carboxylic acids is 1. The van der Waals surface area contributed by atoms with Crippen LogP contribution in [0.3, 0.4) is 0 Å². The SMILES string of the molecule is CCOC(=O)C(CCc1ccccc1)N[C@@H](C)C(=O)N1CC2(CCCCC2)CC[C@H]1C(=O)O. The highest BCUT2D eigenvalue weighted by Crippen LogP contribution is 2.44. The van der Waals surface area contributed by atoms with Crippen LogP contribution >= 0.6 is 0 Å². The molecule has 1 aliphatic carbocycles. The third kappa shape index (κ3) is 6.56. The molecule has 2 N–H and O–H groups in total. The molecule has 33 heavy (non-hydrogen) atoms. The number of likely N-dealkylation sites (tertiary alicyclic amines) is 1. The van der Waals surface area contributed by atoms with E-state index in [-0.39, 0.29) is 23.9 Å². The van der Waals surface area contributed by atoms with Crippen LogP contribution < -0.4 is 5.32 Å². The van der Waals surface area contributed by atoms with Gasteiger partial charge in [0.15, 0.2) is 0 Å². The van der Waals surface area contributed by atoms with E-state index in [1.165, 1.54) is 6.42 Å². The van der Waals surface area contributed by atoms with Crippen molar-refractivity contribution in [1.82, 2.24) is 10.2 Å². The Morgan fingerprint density at radius 2 is 1.85 bits per heavy atom. The number of piperidine rings is 1. The molecule has 0 radical (unpaired) electrons. The lowest BCUT2D eigenvalue weighted by atomic mass is 9.68. The van der Waals surface area contributed by atoms with Crippen LogP contribution in [-0.2, 0) is 25.5 Å². The Morgan fingerprint density at radius 3 is 2.48 bits per heavy atom. The molecule has 2 fully saturated rings. The van der Waals surface area contributed by atoms with Gasteiger partial charge in [0.05, 0.1) is 12.6 Å². The molecular formula is C26H38N2O5. The van der Waals surface area contributed by atoms with Gasteiger partial charge in [-0.2, -0.15) is 0 Å². The van der Waals surface area contributed by atoms with Gasteiger partial charge in [-0.3, -0.25) is 14.9 Å². The molecule has 0 aromatic heterocycles. The Balaban J connectivity index is 1.70. The van der Waals surface area contributed by atoms with Gasteiger partial charge in [-0.1, -0.05) is 49.6 Å². The van der Waals surface area contributed by atoms with Crippen molar-refractivity contribution in [2.24, 2.45) is 5.41 Å². The van der Waals surface area contributed by atoms with Crippen molar-refractivity contribution in [2.45, 2.75) is 89.8 Å². The predicted molar refractivity (Wildman–Crippen MR) is 126 cm³/mol. The number of amides is 1. The quantitative estimate of drug-likeness (QED) is 0.550. The number of nitrogens with one attached hydrogen (secondary N) is 1. The van der Waals surface area contributed by atoms with E-state index in [1.54, 1.807) is 18.7 Å². The molecule has 7 nitrogen and oxygen atoms in total. The Morgan fingerprint density at radius 1 is 1.15 bits per heavy atom. The predicted octanol–water partition coefficient (Wildman–Crippen LogP) is 3.56. The number of hydrogen-bond donors (Lipinski definition) is 2. The molecular weight excluding hydrogens is 420 g/mol. The van der Waals surface area contributed by atoms with Gasteiger partial charge in [0.2, 0.25) is 5.91 Å². The Kier molecular flexibility index (Phi) is 8.89. The number of carboxylic acids is 1. The molecule has 3 atom stereocenters. The van der Waals surface area contributed by atoms with Gasteiger partial charge in [-0.15, -0.1) is 0 Å². The van der Waals surface area contributed by atoms with E-state index in [9.17, 15) is 19.5 Å². The fraction of sp³-hybridized carbons (Fsp3) is 0.654. The zero-order valence-corrected chi connectivity index (χ0v) is 19.9. The van der Waals surface area contributed by atoms with Crippen LogP contribution in [0.2, 0.25) is 0 Å². The van der Waals surface area contributed by atoms with E-state index in [0.29, 0.717) is 25.8 Å². The first kappa shape index (κ1) is 25.2. The number of carbonyl (C=O) groups excluding carboxylic acids is 2. The Hall–Kier alpha value is -2.41. The number of esters is 1. The van der Waals surface area contributed by atoms with Gasteiger partial charge >= 0.3 is 11.9 Å². The normalized spacial score (nSPS) is 21.9. The minimum atomic E-state index is -0.952. The molecule has 3 rings (SSSR count).